The third-order valence-corrected chi connectivity index (χ3v) is 2.59. The van der Waals surface area contributed by atoms with Gasteiger partial charge in [0.15, 0.2) is 0 Å². The van der Waals surface area contributed by atoms with E-state index in [0.29, 0.717) is 5.56 Å². The first-order chi connectivity index (χ1) is 8.26. The van der Waals surface area contributed by atoms with Gasteiger partial charge in [0.05, 0.1) is 18.7 Å². The highest BCUT2D eigenvalue weighted by atomic mass is 16.5. The van der Waals surface area contributed by atoms with Crippen molar-refractivity contribution in [3.05, 3.63) is 47.8 Å². The van der Waals surface area contributed by atoms with E-state index in [1.807, 2.05) is 25.1 Å². The number of benzene rings is 1. The van der Waals surface area contributed by atoms with Crippen molar-refractivity contribution in [2.45, 2.75) is 6.92 Å². The van der Waals surface area contributed by atoms with Crippen molar-refractivity contribution in [3.63, 3.8) is 0 Å². The number of methoxy groups -OCH3 is 1. The van der Waals surface area contributed by atoms with Gasteiger partial charge in [-0.25, -0.2) is 0 Å². The molecule has 1 heterocycles. The second kappa shape index (κ2) is 4.67. The minimum absolute atomic E-state index is 0.635. The summed E-state index contributed by atoms with van der Waals surface area (Å²) >= 11 is 0. The number of ether oxygens (including phenoxy) is 1. The molecule has 0 aliphatic rings. The van der Waals surface area contributed by atoms with Crippen LogP contribution in [0.2, 0.25) is 0 Å². The number of aromatic nitrogens is 1. The summed E-state index contributed by atoms with van der Waals surface area (Å²) in [5.41, 5.74) is 3.39. The van der Waals surface area contributed by atoms with Crippen LogP contribution >= 0.6 is 0 Å². The van der Waals surface area contributed by atoms with E-state index in [0.717, 1.165) is 22.4 Å². The third kappa shape index (κ3) is 2.11. The summed E-state index contributed by atoms with van der Waals surface area (Å²) in [6, 6.07) is 9.75. The highest BCUT2D eigenvalue weighted by Gasteiger charge is 2.10. The minimum atomic E-state index is 0.635. The van der Waals surface area contributed by atoms with Gasteiger partial charge in [0.25, 0.3) is 0 Å². The topological polar surface area (TPSA) is 45.9 Å². The van der Waals surface area contributed by atoms with Crippen LogP contribution in [0.5, 0.6) is 5.75 Å². The van der Waals surface area contributed by atoms with Crippen molar-refractivity contribution in [1.29, 1.82) is 5.26 Å². The Hall–Kier alpha value is -2.34. The molecule has 0 atom stereocenters. The Morgan fingerprint density at radius 2 is 2.06 bits per heavy atom. The lowest BCUT2D eigenvalue weighted by Crippen LogP contribution is -1.91. The Morgan fingerprint density at radius 1 is 1.24 bits per heavy atom. The quantitative estimate of drug-likeness (QED) is 0.787. The number of nitrogens with zero attached hydrogens (tertiary/aromatic N) is 2. The molecule has 0 unspecified atom stereocenters. The lowest BCUT2D eigenvalue weighted by molar-refractivity contribution is 0.416. The maximum Gasteiger partial charge on any atom is 0.129 e. The van der Waals surface area contributed by atoms with Crippen LogP contribution in [0.25, 0.3) is 11.1 Å². The van der Waals surface area contributed by atoms with Crippen molar-refractivity contribution >= 4 is 0 Å². The Labute approximate surface area is 100 Å². The monoisotopic (exact) mass is 224 g/mol. The van der Waals surface area contributed by atoms with E-state index in [1.54, 1.807) is 25.6 Å². The highest BCUT2D eigenvalue weighted by Crippen LogP contribution is 2.31. The van der Waals surface area contributed by atoms with Gasteiger partial charge in [-0.2, -0.15) is 5.26 Å². The normalized spacial score (nSPS) is 9.71. The molecule has 0 aliphatic heterocycles. The predicted octanol–water partition coefficient (Wildman–Crippen LogP) is 2.94. The van der Waals surface area contributed by atoms with E-state index in [-0.39, 0.29) is 0 Å². The maximum atomic E-state index is 9.16. The zero-order valence-electron chi connectivity index (χ0n) is 9.77. The van der Waals surface area contributed by atoms with E-state index in [4.69, 9.17) is 10.00 Å². The van der Waals surface area contributed by atoms with Gasteiger partial charge in [-0.1, -0.05) is 12.1 Å². The fourth-order valence-electron chi connectivity index (χ4n) is 1.75. The molecule has 0 saturated carbocycles. The first-order valence-electron chi connectivity index (χ1n) is 5.25. The number of pyridine rings is 1. The van der Waals surface area contributed by atoms with Crippen molar-refractivity contribution in [3.8, 4) is 22.9 Å². The summed E-state index contributed by atoms with van der Waals surface area (Å²) in [7, 11) is 1.61. The first-order valence-corrected chi connectivity index (χ1v) is 5.25. The summed E-state index contributed by atoms with van der Waals surface area (Å²) in [6.45, 7) is 1.96. The van der Waals surface area contributed by atoms with E-state index in [2.05, 4.69) is 11.1 Å². The van der Waals surface area contributed by atoms with Crippen molar-refractivity contribution in [2.75, 3.05) is 7.11 Å². The largest absolute Gasteiger partial charge is 0.496 e. The van der Waals surface area contributed by atoms with Gasteiger partial charge in [-0.3, -0.25) is 4.98 Å². The first kappa shape index (κ1) is 11.2. The van der Waals surface area contributed by atoms with Crippen LogP contribution in [0.15, 0.2) is 36.7 Å². The van der Waals surface area contributed by atoms with E-state index >= 15 is 0 Å². The second-order valence-corrected chi connectivity index (χ2v) is 3.74. The molecule has 0 amide bonds. The van der Waals surface area contributed by atoms with Crippen molar-refractivity contribution < 1.29 is 4.74 Å². The standard InChI is InChI=1S/C14H12N2O/c1-10-3-4-12(11(7-10)8-15)13-9-16-6-5-14(13)17-2/h3-7,9H,1-2H3. The van der Waals surface area contributed by atoms with Gasteiger partial charge in [0, 0.05) is 23.5 Å². The Morgan fingerprint density at radius 3 is 2.76 bits per heavy atom. The highest BCUT2D eigenvalue weighted by molar-refractivity contribution is 5.75. The molecule has 0 radical (unpaired) electrons. The van der Waals surface area contributed by atoms with Gasteiger partial charge in [0.2, 0.25) is 0 Å². The van der Waals surface area contributed by atoms with E-state index in [1.165, 1.54) is 0 Å². The molecular weight excluding hydrogens is 212 g/mol. The fraction of sp³-hybridized carbons (Fsp3) is 0.143. The Balaban J connectivity index is 2.65. The zero-order chi connectivity index (χ0) is 12.3. The molecule has 1 aromatic carbocycles. The van der Waals surface area contributed by atoms with Crippen molar-refractivity contribution in [1.82, 2.24) is 4.98 Å². The summed E-state index contributed by atoms with van der Waals surface area (Å²) in [5.74, 6) is 0.723. The molecule has 3 heteroatoms. The number of hydrogen-bond donors (Lipinski definition) is 0. The molecule has 2 rings (SSSR count). The average molecular weight is 224 g/mol. The Kier molecular flexibility index (Phi) is 3.06. The second-order valence-electron chi connectivity index (χ2n) is 3.74. The molecule has 0 N–H and O–H groups in total. The molecule has 0 bridgehead atoms. The number of rotatable bonds is 2. The summed E-state index contributed by atoms with van der Waals surface area (Å²) in [5, 5.41) is 9.16. The molecule has 84 valence electrons. The fourth-order valence-corrected chi connectivity index (χ4v) is 1.75. The zero-order valence-corrected chi connectivity index (χ0v) is 9.77. The molecule has 2 aromatic rings. The molecule has 0 aliphatic carbocycles. The van der Waals surface area contributed by atoms with Gasteiger partial charge < -0.3 is 4.74 Å². The third-order valence-electron chi connectivity index (χ3n) is 2.59. The van der Waals surface area contributed by atoms with Crippen LogP contribution < -0.4 is 4.74 Å². The minimum Gasteiger partial charge on any atom is -0.496 e. The summed E-state index contributed by atoms with van der Waals surface area (Å²) in [6.07, 6.45) is 3.38. The Bertz CT molecular complexity index is 585. The lowest BCUT2D eigenvalue weighted by atomic mass is 9.99. The van der Waals surface area contributed by atoms with Crippen molar-refractivity contribution in [2.24, 2.45) is 0 Å². The lowest BCUT2D eigenvalue weighted by Gasteiger charge is -2.09. The molecule has 0 saturated heterocycles. The van der Waals surface area contributed by atoms with Crippen LogP contribution in [-0.2, 0) is 0 Å². The van der Waals surface area contributed by atoms with Crippen LogP contribution in [-0.4, -0.2) is 12.1 Å². The SMILES string of the molecule is COc1ccncc1-c1ccc(C)cc1C#N. The van der Waals surface area contributed by atoms with Gasteiger partial charge in [0.1, 0.15) is 5.75 Å². The smallest absolute Gasteiger partial charge is 0.129 e. The van der Waals surface area contributed by atoms with Crippen LogP contribution in [0.4, 0.5) is 0 Å². The maximum absolute atomic E-state index is 9.16. The molecule has 3 nitrogen and oxygen atoms in total. The van der Waals surface area contributed by atoms with Gasteiger partial charge in [-0.05, 0) is 24.6 Å². The van der Waals surface area contributed by atoms with Crippen LogP contribution in [0.3, 0.4) is 0 Å². The number of nitriles is 1. The summed E-state index contributed by atoms with van der Waals surface area (Å²) in [4.78, 5) is 4.08. The predicted molar refractivity (Wildman–Crippen MR) is 65.7 cm³/mol. The molecule has 1 aromatic heterocycles. The van der Waals surface area contributed by atoms with Crippen LogP contribution in [0, 0.1) is 18.3 Å². The molecule has 0 spiro atoms. The van der Waals surface area contributed by atoms with E-state index < -0.39 is 0 Å². The number of aryl methyl sites for hydroxylation is 1. The van der Waals surface area contributed by atoms with Gasteiger partial charge in [-0.15, -0.1) is 0 Å². The number of hydrogen-bond acceptors (Lipinski definition) is 3. The van der Waals surface area contributed by atoms with Crippen LogP contribution in [0.1, 0.15) is 11.1 Å². The molecule has 17 heavy (non-hydrogen) atoms. The average Bonchev–Trinajstić information content (AvgIpc) is 2.38. The molecular formula is C14H12N2O. The van der Waals surface area contributed by atoms with Gasteiger partial charge >= 0.3 is 0 Å². The molecule has 0 fully saturated rings. The summed E-state index contributed by atoms with van der Waals surface area (Å²) < 4.78 is 5.28. The van der Waals surface area contributed by atoms with E-state index in [9.17, 15) is 0 Å².